The number of nitrogens with one attached hydrogen (secondary N) is 2. The number of rotatable bonds is 11. The van der Waals surface area contributed by atoms with Gasteiger partial charge in [0.15, 0.2) is 0 Å². The molecule has 1 aromatic heterocycles. The number of β-amino-alcohol motifs (C(OH)–C–C–N with tert-alkyl or cyclic N) is 1. The predicted octanol–water partition coefficient (Wildman–Crippen LogP) is 3.43. The van der Waals surface area contributed by atoms with E-state index < -0.39 is 6.10 Å². The first-order valence-corrected chi connectivity index (χ1v) is 9.79. The summed E-state index contributed by atoms with van der Waals surface area (Å²) in [5, 5.41) is 17.1. The number of hydrogen-bond acceptors (Lipinski definition) is 6. The quantitative estimate of drug-likeness (QED) is 0.519. The topological polar surface area (TPSA) is 83.5 Å². The fourth-order valence-corrected chi connectivity index (χ4v) is 2.76. The first-order chi connectivity index (χ1) is 11.7. The lowest BCUT2D eigenvalue weighted by Gasteiger charge is -2.22. The number of anilines is 1. The van der Waals surface area contributed by atoms with Crippen molar-refractivity contribution >= 4 is 22.2 Å². The van der Waals surface area contributed by atoms with Gasteiger partial charge in [-0.25, -0.2) is 4.98 Å². The van der Waals surface area contributed by atoms with Gasteiger partial charge in [0, 0.05) is 18.5 Å². The fourth-order valence-electron chi connectivity index (χ4n) is 2.07. The summed E-state index contributed by atoms with van der Waals surface area (Å²) < 4.78 is 5.49. The molecule has 0 aliphatic carbocycles. The Morgan fingerprint density at radius 3 is 2.72 bits per heavy atom. The van der Waals surface area contributed by atoms with Gasteiger partial charge in [-0.2, -0.15) is 0 Å². The van der Waals surface area contributed by atoms with Crippen LogP contribution in [0, 0.1) is 5.92 Å². The van der Waals surface area contributed by atoms with Crippen molar-refractivity contribution < 1.29 is 14.6 Å². The van der Waals surface area contributed by atoms with Crippen molar-refractivity contribution in [3.8, 4) is 5.19 Å². The van der Waals surface area contributed by atoms with Crippen molar-refractivity contribution in [3.63, 3.8) is 0 Å². The van der Waals surface area contributed by atoms with Gasteiger partial charge in [0.2, 0.25) is 5.91 Å². The van der Waals surface area contributed by atoms with Crippen LogP contribution < -0.4 is 15.4 Å². The number of unbranched alkanes of at least 4 members (excludes halogenated alkanes) is 1. The molecule has 0 aliphatic rings. The Hall–Kier alpha value is -1.18. The monoisotopic (exact) mass is 371 g/mol. The molecule has 1 unspecified atom stereocenters. The number of ether oxygens (including phenoxy) is 1. The molecule has 0 bridgehead atoms. The molecule has 144 valence electrons. The molecule has 1 amide bonds. The minimum atomic E-state index is -0.609. The van der Waals surface area contributed by atoms with Crippen LogP contribution in [0.3, 0.4) is 0 Å². The SMILES string of the molecule is CC(C)CCCCC(=O)Nc1cnc(OCC(O)CNC(C)(C)C)s1. The Balaban J connectivity index is 2.25. The average Bonchev–Trinajstić information content (AvgIpc) is 2.94. The number of carbonyl (C=O) groups is 1. The van der Waals surface area contributed by atoms with Crippen LogP contribution in [-0.4, -0.2) is 40.8 Å². The Bertz CT molecular complexity index is 512. The second-order valence-corrected chi connectivity index (χ2v) is 8.77. The summed E-state index contributed by atoms with van der Waals surface area (Å²) in [6.45, 7) is 11.1. The van der Waals surface area contributed by atoms with E-state index in [4.69, 9.17) is 4.74 Å². The molecule has 0 aromatic carbocycles. The molecular formula is C18H33N3O3S. The largest absolute Gasteiger partial charge is 0.467 e. The van der Waals surface area contributed by atoms with E-state index in [0.29, 0.717) is 29.1 Å². The number of amides is 1. The zero-order valence-electron chi connectivity index (χ0n) is 16.1. The van der Waals surface area contributed by atoms with Crippen molar-refractivity contribution in [2.75, 3.05) is 18.5 Å². The second-order valence-electron chi connectivity index (χ2n) is 7.77. The summed E-state index contributed by atoms with van der Waals surface area (Å²) >= 11 is 1.27. The van der Waals surface area contributed by atoms with Crippen LogP contribution in [0.25, 0.3) is 0 Å². The Morgan fingerprint density at radius 1 is 1.36 bits per heavy atom. The van der Waals surface area contributed by atoms with Crippen LogP contribution in [0.4, 0.5) is 5.00 Å². The van der Waals surface area contributed by atoms with E-state index in [1.807, 2.05) is 20.8 Å². The molecule has 0 spiro atoms. The summed E-state index contributed by atoms with van der Waals surface area (Å²) in [4.78, 5) is 16.0. The van der Waals surface area contributed by atoms with Crippen LogP contribution in [-0.2, 0) is 4.79 Å². The molecule has 0 aliphatic heterocycles. The van der Waals surface area contributed by atoms with Gasteiger partial charge in [-0.3, -0.25) is 4.79 Å². The lowest BCUT2D eigenvalue weighted by molar-refractivity contribution is -0.116. The molecule has 0 saturated heterocycles. The maximum Gasteiger partial charge on any atom is 0.275 e. The average molecular weight is 372 g/mol. The summed E-state index contributed by atoms with van der Waals surface area (Å²) in [5.41, 5.74) is -0.0468. The lowest BCUT2D eigenvalue weighted by Crippen LogP contribution is -2.42. The number of aliphatic hydroxyl groups is 1. The van der Waals surface area contributed by atoms with E-state index in [1.54, 1.807) is 6.20 Å². The van der Waals surface area contributed by atoms with Crippen molar-refractivity contribution in [1.82, 2.24) is 10.3 Å². The maximum absolute atomic E-state index is 11.9. The third-order valence-electron chi connectivity index (χ3n) is 3.45. The van der Waals surface area contributed by atoms with Gasteiger partial charge in [0.1, 0.15) is 17.7 Å². The molecule has 7 heteroatoms. The molecule has 1 heterocycles. The molecule has 0 fully saturated rings. The van der Waals surface area contributed by atoms with E-state index in [9.17, 15) is 9.90 Å². The molecule has 3 N–H and O–H groups in total. The van der Waals surface area contributed by atoms with E-state index >= 15 is 0 Å². The third-order valence-corrected chi connectivity index (χ3v) is 4.27. The molecule has 25 heavy (non-hydrogen) atoms. The summed E-state index contributed by atoms with van der Waals surface area (Å²) in [6.07, 6.45) is 4.63. The predicted molar refractivity (Wildman–Crippen MR) is 103 cm³/mol. The van der Waals surface area contributed by atoms with E-state index in [1.165, 1.54) is 11.3 Å². The number of aliphatic hydroxyl groups excluding tert-OH is 1. The van der Waals surface area contributed by atoms with Crippen LogP contribution in [0.5, 0.6) is 5.19 Å². The number of carbonyl (C=O) groups excluding carboxylic acids is 1. The van der Waals surface area contributed by atoms with Crippen molar-refractivity contribution in [2.24, 2.45) is 5.92 Å². The summed E-state index contributed by atoms with van der Waals surface area (Å²) in [6, 6.07) is 0. The molecule has 1 rings (SSSR count). The third kappa shape index (κ3) is 11.1. The molecule has 1 atom stereocenters. The normalized spacial score (nSPS) is 13.1. The van der Waals surface area contributed by atoms with Crippen molar-refractivity contribution in [1.29, 1.82) is 0 Å². The van der Waals surface area contributed by atoms with Gasteiger partial charge in [0.05, 0.1) is 6.20 Å². The highest BCUT2D eigenvalue weighted by atomic mass is 32.1. The second kappa shape index (κ2) is 10.7. The molecule has 0 saturated carbocycles. The highest BCUT2D eigenvalue weighted by molar-refractivity contribution is 7.17. The van der Waals surface area contributed by atoms with Crippen LogP contribution in [0.15, 0.2) is 6.20 Å². The molecule has 1 aromatic rings. The highest BCUT2D eigenvalue weighted by Crippen LogP contribution is 2.25. The summed E-state index contributed by atoms with van der Waals surface area (Å²) in [7, 11) is 0. The van der Waals surface area contributed by atoms with Crippen molar-refractivity contribution in [3.05, 3.63) is 6.20 Å². The lowest BCUT2D eigenvalue weighted by atomic mass is 10.1. The first kappa shape index (κ1) is 21.9. The molecule has 6 nitrogen and oxygen atoms in total. The Kier molecular flexibility index (Phi) is 9.38. The number of hydrogen-bond donors (Lipinski definition) is 3. The van der Waals surface area contributed by atoms with Crippen LogP contribution in [0.1, 0.15) is 60.3 Å². The molecule has 0 radical (unpaired) electrons. The fraction of sp³-hybridized carbons (Fsp3) is 0.778. The summed E-state index contributed by atoms with van der Waals surface area (Å²) in [5.74, 6) is 0.687. The smallest absolute Gasteiger partial charge is 0.275 e. The van der Waals surface area contributed by atoms with Gasteiger partial charge in [0.25, 0.3) is 5.19 Å². The van der Waals surface area contributed by atoms with Crippen molar-refractivity contribution in [2.45, 2.75) is 71.9 Å². The Labute approximate surface area is 155 Å². The number of aromatic nitrogens is 1. The maximum atomic E-state index is 11.9. The number of thiazole rings is 1. The van der Waals surface area contributed by atoms with Gasteiger partial charge in [-0.05, 0) is 33.1 Å². The van der Waals surface area contributed by atoms with Crippen LogP contribution >= 0.6 is 11.3 Å². The zero-order chi connectivity index (χ0) is 18.9. The van der Waals surface area contributed by atoms with Gasteiger partial charge in [-0.1, -0.05) is 38.0 Å². The first-order valence-electron chi connectivity index (χ1n) is 8.97. The molecular weight excluding hydrogens is 338 g/mol. The highest BCUT2D eigenvalue weighted by Gasteiger charge is 2.14. The number of nitrogens with zero attached hydrogens (tertiary/aromatic N) is 1. The van der Waals surface area contributed by atoms with E-state index in [2.05, 4.69) is 29.5 Å². The zero-order valence-corrected chi connectivity index (χ0v) is 16.9. The van der Waals surface area contributed by atoms with Gasteiger partial charge >= 0.3 is 0 Å². The minimum Gasteiger partial charge on any atom is -0.467 e. The Morgan fingerprint density at radius 2 is 2.08 bits per heavy atom. The van der Waals surface area contributed by atoms with Gasteiger partial charge < -0.3 is 20.5 Å². The van der Waals surface area contributed by atoms with Gasteiger partial charge in [-0.15, -0.1) is 0 Å². The van der Waals surface area contributed by atoms with E-state index in [0.717, 1.165) is 19.3 Å². The van der Waals surface area contributed by atoms with Crippen LogP contribution in [0.2, 0.25) is 0 Å². The standard InChI is InChI=1S/C18H33N3O3S/c1-13(2)8-6-7-9-15(23)21-16-11-19-17(25-16)24-12-14(22)10-20-18(3,4)5/h11,13-14,20,22H,6-10,12H2,1-5H3,(H,21,23). The van der Waals surface area contributed by atoms with E-state index in [-0.39, 0.29) is 18.1 Å². The minimum absolute atomic E-state index is 0.00775.